The summed E-state index contributed by atoms with van der Waals surface area (Å²) in [7, 11) is 0. The quantitative estimate of drug-likeness (QED) is 0.540. The molecule has 0 bridgehead atoms. The fraction of sp³-hybridized carbons (Fsp3) is 0.0625. The molecule has 0 spiro atoms. The summed E-state index contributed by atoms with van der Waals surface area (Å²) in [5.41, 5.74) is 3.14. The second kappa shape index (κ2) is 6.37. The topological polar surface area (TPSA) is 46.0 Å². The van der Waals surface area contributed by atoms with Crippen LogP contribution in [0.25, 0.3) is 11.4 Å². The first-order valence-corrected chi connectivity index (χ1v) is 7.88. The Morgan fingerprint density at radius 1 is 1.23 bits per heavy atom. The van der Waals surface area contributed by atoms with Crippen LogP contribution in [0.1, 0.15) is 11.1 Å². The molecule has 0 unspecified atom stereocenters. The van der Waals surface area contributed by atoms with E-state index >= 15 is 0 Å². The van der Waals surface area contributed by atoms with Gasteiger partial charge in [-0.2, -0.15) is 14.9 Å². The number of aryl methyl sites for hydroxylation is 1. The molecule has 0 aliphatic carbocycles. The van der Waals surface area contributed by atoms with E-state index in [1.54, 1.807) is 10.9 Å². The summed E-state index contributed by atoms with van der Waals surface area (Å²) in [6.45, 7) is 2.05. The van der Waals surface area contributed by atoms with E-state index in [9.17, 15) is 0 Å². The largest absolute Gasteiger partial charge is 0.250 e. The minimum atomic E-state index is 0.460. The lowest BCUT2D eigenvalue weighted by Gasteiger charge is -2.01. The zero-order chi connectivity index (χ0) is 15.5. The van der Waals surface area contributed by atoms with E-state index in [1.807, 2.05) is 55.5 Å². The van der Waals surface area contributed by atoms with E-state index in [2.05, 4.69) is 31.2 Å². The average molecular weight is 373 g/mol. The number of aromatic amines is 1. The molecule has 1 aromatic heterocycles. The molecule has 2 aromatic carbocycles. The highest BCUT2D eigenvalue weighted by atomic mass is 79.9. The number of hydrogen-bond donors (Lipinski definition) is 1. The van der Waals surface area contributed by atoms with Crippen molar-refractivity contribution in [3.8, 4) is 11.4 Å². The third kappa shape index (κ3) is 3.23. The fourth-order valence-corrected chi connectivity index (χ4v) is 2.60. The van der Waals surface area contributed by atoms with E-state index in [-0.39, 0.29) is 0 Å². The van der Waals surface area contributed by atoms with Crippen LogP contribution >= 0.6 is 28.1 Å². The molecule has 6 heteroatoms. The van der Waals surface area contributed by atoms with Gasteiger partial charge in [-0.25, -0.2) is 5.10 Å². The highest BCUT2D eigenvalue weighted by molar-refractivity contribution is 9.10. The van der Waals surface area contributed by atoms with Crippen LogP contribution in [0.5, 0.6) is 0 Å². The molecular weight excluding hydrogens is 360 g/mol. The number of H-pyrrole nitrogens is 1. The lowest BCUT2D eigenvalue weighted by atomic mass is 10.1. The molecule has 0 saturated carbocycles. The number of hydrogen-bond acceptors (Lipinski definition) is 3. The van der Waals surface area contributed by atoms with Crippen molar-refractivity contribution in [3.63, 3.8) is 0 Å². The number of nitrogens with zero attached hydrogens (tertiary/aromatic N) is 3. The van der Waals surface area contributed by atoms with Crippen LogP contribution in [0.2, 0.25) is 0 Å². The van der Waals surface area contributed by atoms with Gasteiger partial charge in [0.05, 0.1) is 6.21 Å². The SMILES string of the molecule is Cc1ccc(-c2n[nH]c(=S)n2/N=C\c2cccc(Br)c2)cc1. The Morgan fingerprint density at radius 3 is 2.73 bits per heavy atom. The van der Waals surface area contributed by atoms with Gasteiger partial charge in [-0.1, -0.05) is 57.9 Å². The van der Waals surface area contributed by atoms with E-state index in [4.69, 9.17) is 12.2 Å². The minimum Gasteiger partial charge on any atom is -0.250 e. The van der Waals surface area contributed by atoms with Gasteiger partial charge in [-0.05, 0) is 36.8 Å². The predicted octanol–water partition coefficient (Wildman–Crippen LogP) is 4.56. The molecule has 0 atom stereocenters. The van der Waals surface area contributed by atoms with Crippen LogP contribution in [0.15, 0.2) is 58.1 Å². The highest BCUT2D eigenvalue weighted by Gasteiger charge is 2.07. The van der Waals surface area contributed by atoms with Crippen molar-refractivity contribution in [2.24, 2.45) is 5.10 Å². The average Bonchev–Trinajstić information content (AvgIpc) is 2.87. The summed E-state index contributed by atoms with van der Waals surface area (Å²) in [6.07, 6.45) is 1.76. The third-order valence-electron chi connectivity index (χ3n) is 3.13. The van der Waals surface area contributed by atoms with Gasteiger partial charge >= 0.3 is 0 Å². The molecule has 1 N–H and O–H groups in total. The van der Waals surface area contributed by atoms with E-state index in [0.29, 0.717) is 10.6 Å². The molecule has 0 amide bonds. The molecule has 0 radical (unpaired) electrons. The van der Waals surface area contributed by atoms with Gasteiger partial charge in [0.1, 0.15) is 0 Å². The highest BCUT2D eigenvalue weighted by Crippen LogP contribution is 2.18. The number of aromatic nitrogens is 3. The summed E-state index contributed by atoms with van der Waals surface area (Å²) in [6, 6.07) is 16.0. The van der Waals surface area contributed by atoms with Crippen molar-refractivity contribution in [1.82, 2.24) is 14.9 Å². The minimum absolute atomic E-state index is 0.460. The first-order chi connectivity index (χ1) is 10.6. The maximum absolute atomic E-state index is 5.26. The summed E-state index contributed by atoms with van der Waals surface area (Å²) in [5, 5.41) is 11.5. The molecule has 3 aromatic rings. The number of rotatable bonds is 3. The lowest BCUT2D eigenvalue weighted by molar-refractivity contribution is 0.871. The Hall–Kier alpha value is -2.05. The molecule has 22 heavy (non-hydrogen) atoms. The van der Waals surface area contributed by atoms with Crippen LogP contribution < -0.4 is 0 Å². The molecule has 0 saturated heterocycles. The number of nitrogens with one attached hydrogen (secondary N) is 1. The Balaban J connectivity index is 1.99. The first kappa shape index (κ1) is 14.9. The summed E-state index contributed by atoms with van der Waals surface area (Å²) < 4.78 is 3.09. The van der Waals surface area contributed by atoms with Crippen LogP contribution in [0.3, 0.4) is 0 Å². The van der Waals surface area contributed by atoms with Gasteiger partial charge in [-0.15, -0.1) is 0 Å². The van der Waals surface area contributed by atoms with Gasteiger partial charge < -0.3 is 0 Å². The Labute approximate surface area is 141 Å². The summed E-state index contributed by atoms with van der Waals surface area (Å²) >= 11 is 8.71. The van der Waals surface area contributed by atoms with Crippen molar-refractivity contribution in [3.05, 3.63) is 68.9 Å². The smallest absolute Gasteiger partial charge is 0.216 e. The van der Waals surface area contributed by atoms with Crippen molar-refractivity contribution in [2.75, 3.05) is 0 Å². The predicted molar refractivity (Wildman–Crippen MR) is 94.7 cm³/mol. The number of halogens is 1. The van der Waals surface area contributed by atoms with Gasteiger partial charge in [0, 0.05) is 10.0 Å². The second-order valence-electron chi connectivity index (χ2n) is 4.83. The normalized spacial score (nSPS) is 11.2. The molecule has 1 heterocycles. The standard InChI is InChI=1S/C16H13BrN4S/c1-11-5-7-13(8-6-11)15-19-20-16(22)21(15)18-10-12-3-2-4-14(17)9-12/h2-10H,1H3,(H,20,22)/b18-10-. The third-order valence-corrected chi connectivity index (χ3v) is 3.89. The maximum Gasteiger partial charge on any atom is 0.216 e. The number of benzene rings is 2. The first-order valence-electron chi connectivity index (χ1n) is 6.68. The molecule has 0 aliphatic heterocycles. The van der Waals surface area contributed by atoms with Gasteiger partial charge in [0.25, 0.3) is 0 Å². The molecule has 3 rings (SSSR count). The van der Waals surface area contributed by atoms with Crippen LogP contribution in [0, 0.1) is 11.7 Å². The fourth-order valence-electron chi connectivity index (χ4n) is 2.00. The molecule has 0 fully saturated rings. The van der Waals surface area contributed by atoms with Crippen LogP contribution in [-0.2, 0) is 0 Å². The van der Waals surface area contributed by atoms with Crippen molar-refractivity contribution >= 4 is 34.4 Å². The van der Waals surface area contributed by atoms with Crippen molar-refractivity contribution in [2.45, 2.75) is 6.92 Å². The lowest BCUT2D eigenvalue weighted by Crippen LogP contribution is -1.95. The van der Waals surface area contributed by atoms with Gasteiger partial charge in [0.15, 0.2) is 5.82 Å². The van der Waals surface area contributed by atoms with Crippen molar-refractivity contribution in [1.29, 1.82) is 0 Å². The Bertz CT molecular complexity index is 878. The van der Waals surface area contributed by atoms with Crippen molar-refractivity contribution < 1.29 is 0 Å². The zero-order valence-electron chi connectivity index (χ0n) is 11.8. The van der Waals surface area contributed by atoms with E-state index in [1.165, 1.54) is 5.56 Å². The van der Waals surface area contributed by atoms with Crippen LogP contribution in [-0.4, -0.2) is 21.1 Å². The molecule has 4 nitrogen and oxygen atoms in total. The van der Waals surface area contributed by atoms with Gasteiger partial charge in [-0.3, -0.25) is 0 Å². The van der Waals surface area contributed by atoms with Gasteiger partial charge in [0.2, 0.25) is 4.77 Å². The molecule has 110 valence electrons. The zero-order valence-corrected chi connectivity index (χ0v) is 14.2. The molecule has 0 aliphatic rings. The second-order valence-corrected chi connectivity index (χ2v) is 6.13. The van der Waals surface area contributed by atoms with E-state index in [0.717, 1.165) is 15.6 Å². The Morgan fingerprint density at radius 2 is 2.00 bits per heavy atom. The van der Waals surface area contributed by atoms with E-state index < -0.39 is 0 Å². The monoisotopic (exact) mass is 372 g/mol. The summed E-state index contributed by atoms with van der Waals surface area (Å²) in [5.74, 6) is 0.691. The Kier molecular flexibility index (Phi) is 4.31. The molecular formula is C16H13BrN4S. The van der Waals surface area contributed by atoms with Crippen LogP contribution in [0.4, 0.5) is 0 Å². The summed E-state index contributed by atoms with van der Waals surface area (Å²) in [4.78, 5) is 0. The maximum atomic E-state index is 5.26.